The molecule has 25 heavy (non-hydrogen) atoms. The van der Waals surface area contributed by atoms with Gasteiger partial charge in [-0.2, -0.15) is 0 Å². The van der Waals surface area contributed by atoms with E-state index in [9.17, 15) is 5.11 Å². The summed E-state index contributed by atoms with van der Waals surface area (Å²) in [5.41, 5.74) is 1.13. The molecule has 0 spiro atoms. The summed E-state index contributed by atoms with van der Waals surface area (Å²) in [6, 6.07) is 3.44. The Kier molecular flexibility index (Phi) is 8.53. The van der Waals surface area contributed by atoms with Crippen LogP contribution in [0.15, 0.2) is 12.1 Å². The van der Waals surface area contributed by atoms with Gasteiger partial charge in [-0.3, -0.25) is 0 Å². The van der Waals surface area contributed by atoms with Gasteiger partial charge in [0.2, 0.25) is 0 Å². The van der Waals surface area contributed by atoms with Gasteiger partial charge in [-0.25, -0.2) is 0 Å². The summed E-state index contributed by atoms with van der Waals surface area (Å²) in [6.07, 6.45) is 0.946. The van der Waals surface area contributed by atoms with E-state index in [1.807, 2.05) is 20.8 Å². The van der Waals surface area contributed by atoms with Gasteiger partial charge in [-0.05, 0) is 57.6 Å². The number of hydrogen-bond donors (Lipinski definition) is 1. The lowest BCUT2D eigenvalue weighted by atomic mass is 9.88. The fraction of sp³-hybridized carbons (Fsp3) is 0.700. The summed E-state index contributed by atoms with van der Waals surface area (Å²) in [6.45, 7) is 15.2. The molecule has 0 aliphatic rings. The van der Waals surface area contributed by atoms with Gasteiger partial charge in [0.1, 0.15) is 5.75 Å². The molecule has 2 unspecified atom stereocenters. The minimum atomic E-state index is -0.450. The molecule has 1 aromatic rings. The molecule has 0 heterocycles. The van der Waals surface area contributed by atoms with Crippen LogP contribution in [0.25, 0.3) is 0 Å². The predicted molar refractivity (Wildman–Crippen MR) is 99.3 cm³/mol. The van der Waals surface area contributed by atoms with Crippen LogP contribution in [0, 0.1) is 5.41 Å². The number of phenolic OH excluding ortho intramolecular Hbond substituents is 1. The van der Waals surface area contributed by atoms with Crippen LogP contribution in [0.5, 0.6) is 17.2 Å². The van der Waals surface area contributed by atoms with E-state index in [0.717, 1.165) is 18.4 Å². The molecule has 5 nitrogen and oxygen atoms in total. The lowest BCUT2D eigenvalue weighted by molar-refractivity contribution is -0.0660. The van der Waals surface area contributed by atoms with Crippen molar-refractivity contribution in [2.75, 3.05) is 13.2 Å². The van der Waals surface area contributed by atoms with E-state index in [4.69, 9.17) is 18.9 Å². The first-order valence-electron chi connectivity index (χ1n) is 9.08. The van der Waals surface area contributed by atoms with E-state index in [1.165, 1.54) is 0 Å². The fourth-order valence-corrected chi connectivity index (χ4v) is 2.40. The summed E-state index contributed by atoms with van der Waals surface area (Å²) < 4.78 is 22.5. The van der Waals surface area contributed by atoms with E-state index in [-0.39, 0.29) is 17.5 Å². The van der Waals surface area contributed by atoms with Crippen molar-refractivity contribution in [3.63, 3.8) is 0 Å². The van der Waals surface area contributed by atoms with Gasteiger partial charge < -0.3 is 24.1 Å². The molecule has 1 rings (SSSR count). The highest BCUT2D eigenvalue weighted by Gasteiger charge is 2.18. The van der Waals surface area contributed by atoms with Crippen LogP contribution in [0.3, 0.4) is 0 Å². The molecule has 5 heteroatoms. The van der Waals surface area contributed by atoms with E-state index in [1.54, 1.807) is 19.1 Å². The van der Waals surface area contributed by atoms with Crippen LogP contribution in [0.1, 0.15) is 60.5 Å². The zero-order chi connectivity index (χ0) is 19.0. The summed E-state index contributed by atoms with van der Waals surface area (Å²) in [5, 5.41) is 10.3. The molecule has 0 aliphatic carbocycles. The molecule has 0 aromatic heterocycles. The minimum Gasteiger partial charge on any atom is -0.504 e. The first-order valence-corrected chi connectivity index (χ1v) is 9.08. The third-order valence-corrected chi connectivity index (χ3v) is 3.68. The standard InChI is InChI=1S/C20H34O5/c1-8-22-14(3)24-18-13-19(25-15(4)23-9-2)17(21)12-16(18)10-11-20(5,6)7/h12-15,21H,8-11H2,1-7H3. The zero-order valence-corrected chi connectivity index (χ0v) is 16.7. The average molecular weight is 354 g/mol. The summed E-state index contributed by atoms with van der Waals surface area (Å²) in [7, 11) is 0. The van der Waals surface area contributed by atoms with Crippen molar-refractivity contribution < 1.29 is 24.1 Å². The molecule has 0 aliphatic heterocycles. The number of rotatable bonds is 10. The second-order valence-corrected chi connectivity index (χ2v) is 7.27. The van der Waals surface area contributed by atoms with Crippen molar-refractivity contribution in [1.82, 2.24) is 0 Å². The van der Waals surface area contributed by atoms with Gasteiger partial charge in [-0.15, -0.1) is 0 Å². The summed E-state index contributed by atoms with van der Waals surface area (Å²) in [4.78, 5) is 0. The van der Waals surface area contributed by atoms with Crippen molar-refractivity contribution in [3.8, 4) is 17.2 Å². The smallest absolute Gasteiger partial charge is 0.197 e. The molecule has 2 atom stereocenters. The van der Waals surface area contributed by atoms with Crippen molar-refractivity contribution in [1.29, 1.82) is 0 Å². The van der Waals surface area contributed by atoms with Gasteiger partial charge in [0.15, 0.2) is 24.1 Å². The molecule has 0 radical (unpaired) electrons. The monoisotopic (exact) mass is 354 g/mol. The zero-order valence-electron chi connectivity index (χ0n) is 16.7. The van der Waals surface area contributed by atoms with Crippen molar-refractivity contribution in [2.24, 2.45) is 5.41 Å². The average Bonchev–Trinajstić information content (AvgIpc) is 2.48. The van der Waals surface area contributed by atoms with E-state index < -0.39 is 6.29 Å². The maximum atomic E-state index is 10.3. The number of aromatic hydroxyl groups is 1. The molecule has 1 N–H and O–H groups in total. The number of hydrogen-bond acceptors (Lipinski definition) is 5. The van der Waals surface area contributed by atoms with Crippen molar-refractivity contribution in [2.45, 2.75) is 73.9 Å². The quantitative estimate of drug-likeness (QED) is 0.606. The van der Waals surface area contributed by atoms with Gasteiger partial charge in [0.25, 0.3) is 0 Å². The van der Waals surface area contributed by atoms with E-state index in [2.05, 4.69) is 20.8 Å². The molecular formula is C20H34O5. The van der Waals surface area contributed by atoms with Crippen LogP contribution >= 0.6 is 0 Å². The molecule has 0 saturated carbocycles. The Morgan fingerprint density at radius 3 is 1.92 bits per heavy atom. The maximum Gasteiger partial charge on any atom is 0.197 e. The highest BCUT2D eigenvalue weighted by Crippen LogP contribution is 2.37. The Bertz CT molecular complexity index is 522. The predicted octanol–water partition coefficient (Wildman–Crippen LogP) is 4.89. The number of benzene rings is 1. The Labute approximate surface area is 152 Å². The molecule has 144 valence electrons. The maximum absolute atomic E-state index is 10.3. The Hall–Kier alpha value is -1.46. The van der Waals surface area contributed by atoms with Crippen molar-refractivity contribution >= 4 is 0 Å². The molecule has 0 bridgehead atoms. The van der Waals surface area contributed by atoms with Crippen LogP contribution in [-0.2, 0) is 15.9 Å². The Balaban J connectivity index is 3.06. The highest BCUT2D eigenvalue weighted by molar-refractivity contribution is 5.50. The molecule has 0 amide bonds. The van der Waals surface area contributed by atoms with Gasteiger partial charge in [0.05, 0.1) is 0 Å². The highest BCUT2D eigenvalue weighted by atomic mass is 16.7. The molecular weight excluding hydrogens is 320 g/mol. The summed E-state index contributed by atoms with van der Waals surface area (Å²) >= 11 is 0. The van der Waals surface area contributed by atoms with Crippen LogP contribution < -0.4 is 9.47 Å². The van der Waals surface area contributed by atoms with Gasteiger partial charge in [0, 0.05) is 19.3 Å². The van der Waals surface area contributed by atoms with Crippen LogP contribution in [0.4, 0.5) is 0 Å². The van der Waals surface area contributed by atoms with Crippen LogP contribution in [-0.4, -0.2) is 30.9 Å². The normalized spacial score (nSPS) is 14.2. The van der Waals surface area contributed by atoms with E-state index >= 15 is 0 Å². The Morgan fingerprint density at radius 1 is 0.920 bits per heavy atom. The second kappa shape index (κ2) is 9.88. The van der Waals surface area contributed by atoms with Crippen molar-refractivity contribution in [3.05, 3.63) is 17.7 Å². The molecule has 1 aromatic carbocycles. The topological polar surface area (TPSA) is 57.2 Å². The lowest BCUT2D eigenvalue weighted by Crippen LogP contribution is -2.18. The first kappa shape index (κ1) is 21.6. The third kappa shape index (κ3) is 7.97. The first-order chi connectivity index (χ1) is 11.7. The van der Waals surface area contributed by atoms with Gasteiger partial charge in [-0.1, -0.05) is 20.8 Å². The second-order valence-electron chi connectivity index (χ2n) is 7.27. The number of phenols is 1. The fourth-order valence-electron chi connectivity index (χ4n) is 2.40. The molecule has 0 fully saturated rings. The Morgan fingerprint density at radius 2 is 1.44 bits per heavy atom. The summed E-state index contributed by atoms with van der Waals surface area (Å²) in [5.74, 6) is 1.10. The van der Waals surface area contributed by atoms with Gasteiger partial charge >= 0.3 is 0 Å². The molecule has 0 saturated heterocycles. The minimum absolute atomic E-state index is 0.0897. The lowest BCUT2D eigenvalue weighted by Gasteiger charge is -2.23. The number of ether oxygens (including phenoxy) is 4. The third-order valence-electron chi connectivity index (χ3n) is 3.68. The largest absolute Gasteiger partial charge is 0.504 e. The van der Waals surface area contributed by atoms with Crippen LogP contribution in [0.2, 0.25) is 0 Å². The SMILES string of the molecule is CCOC(C)Oc1cc(OC(C)OCC)c(CCC(C)(C)C)cc1O. The van der Waals surface area contributed by atoms with E-state index in [0.29, 0.717) is 24.7 Å². The number of aryl methyl sites for hydroxylation is 1.